The topological polar surface area (TPSA) is 55.9 Å². The summed E-state index contributed by atoms with van der Waals surface area (Å²) >= 11 is 3.46. The molecule has 6 nitrogen and oxygen atoms in total. The molecule has 1 aromatic heterocycles. The van der Waals surface area contributed by atoms with E-state index < -0.39 is 0 Å². The Morgan fingerprint density at radius 3 is 2.68 bits per heavy atom. The van der Waals surface area contributed by atoms with Crippen LogP contribution in [-0.4, -0.2) is 77.7 Å². The first-order chi connectivity index (χ1) is 12.1. The van der Waals surface area contributed by atoms with E-state index in [0.717, 1.165) is 39.3 Å². The van der Waals surface area contributed by atoms with E-state index in [-0.39, 0.29) is 22.6 Å². The molecule has 0 unspecified atom stereocenters. The zero-order chi connectivity index (χ0) is 17.8. The molecule has 2 fully saturated rings. The average Bonchev–Trinajstić information content (AvgIpc) is 3.23. The SMILES string of the molecule is CCNC(=O)N1CCN(CCN2C(=O)[C@H](C)S[C@H]2c2cccs2)CC1. The molecule has 2 atom stereocenters. The third-order valence-corrected chi connectivity index (χ3v) is 7.13. The number of rotatable bonds is 5. The Morgan fingerprint density at radius 2 is 2.04 bits per heavy atom. The Kier molecular flexibility index (Phi) is 6.24. The summed E-state index contributed by atoms with van der Waals surface area (Å²) in [5.41, 5.74) is 0. The number of thiophene rings is 1. The number of hydrogen-bond acceptors (Lipinski definition) is 5. The maximum atomic E-state index is 12.5. The third-order valence-electron chi connectivity index (χ3n) is 4.68. The van der Waals surface area contributed by atoms with Crippen molar-refractivity contribution in [2.75, 3.05) is 45.8 Å². The molecule has 0 aromatic carbocycles. The van der Waals surface area contributed by atoms with Crippen molar-refractivity contribution in [2.45, 2.75) is 24.5 Å². The fourth-order valence-corrected chi connectivity index (χ4v) is 5.50. The minimum absolute atomic E-state index is 0.0276. The summed E-state index contributed by atoms with van der Waals surface area (Å²) < 4.78 is 0. The summed E-state index contributed by atoms with van der Waals surface area (Å²) in [6.07, 6.45) is 0. The Labute approximate surface area is 157 Å². The Bertz CT molecular complexity index is 587. The van der Waals surface area contributed by atoms with Crippen molar-refractivity contribution in [1.29, 1.82) is 0 Å². The normalized spacial score (nSPS) is 24.8. The molecule has 25 heavy (non-hydrogen) atoms. The molecule has 2 aliphatic heterocycles. The summed E-state index contributed by atoms with van der Waals surface area (Å²) in [6.45, 7) is 9.44. The molecule has 3 heterocycles. The molecule has 0 aliphatic carbocycles. The first-order valence-electron chi connectivity index (χ1n) is 8.84. The molecule has 0 saturated carbocycles. The van der Waals surface area contributed by atoms with Crippen LogP contribution >= 0.6 is 23.1 Å². The van der Waals surface area contributed by atoms with Gasteiger partial charge in [-0.3, -0.25) is 9.69 Å². The van der Waals surface area contributed by atoms with Gasteiger partial charge >= 0.3 is 6.03 Å². The lowest BCUT2D eigenvalue weighted by Gasteiger charge is -2.35. The van der Waals surface area contributed by atoms with Gasteiger partial charge < -0.3 is 15.1 Å². The van der Waals surface area contributed by atoms with Crippen LogP contribution in [-0.2, 0) is 4.79 Å². The van der Waals surface area contributed by atoms with Gasteiger partial charge in [0.1, 0.15) is 5.37 Å². The van der Waals surface area contributed by atoms with Crippen molar-refractivity contribution >= 4 is 35.0 Å². The maximum Gasteiger partial charge on any atom is 0.317 e. The molecule has 138 valence electrons. The zero-order valence-electron chi connectivity index (χ0n) is 14.8. The number of thioether (sulfide) groups is 1. The second kappa shape index (κ2) is 8.42. The first-order valence-corrected chi connectivity index (χ1v) is 10.7. The molecule has 1 N–H and O–H groups in total. The highest BCUT2D eigenvalue weighted by Gasteiger charge is 2.38. The molecular weight excluding hydrogens is 356 g/mol. The summed E-state index contributed by atoms with van der Waals surface area (Å²) in [6, 6.07) is 4.19. The van der Waals surface area contributed by atoms with Gasteiger partial charge in [0, 0.05) is 50.7 Å². The molecule has 3 rings (SSSR count). The van der Waals surface area contributed by atoms with Crippen LogP contribution in [0.5, 0.6) is 0 Å². The van der Waals surface area contributed by atoms with Crippen LogP contribution in [0.1, 0.15) is 24.1 Å². The minimum atomic E-state index is 0.0276. The van der Waals surface area contributed by atoms with Crippen LogP contribution in [0.15, 0.2) is 17.5 Å². The Morgan fingerprint density at radius 1 is 1.28 bits per heavy atom. The van der Waals surface area contributed by atoms with Crippen molar-refractivity contribution < 1.29 is 9.59 Å². The van der Waals surface area contributed by atoms with E-state index >= 15 is 0 Å². The maximum absolute atomic E-state index is 12.5. The fourth-order valence-electron chi connectivity index (χ4n) is 3.24. The van der Waals surface area contributed by atoms with E-state index in [2.05, 4.69) is 21.7 Å². The number of amides is 3. The van der Waals surface area contributed by atoms with Crippen molar-refractivity contribution in [1.82, 2.24) is 20.0 Å². The third kappa shape index (κ3) is 4.30. The van der Waals surface area contributed by atoms with Crippen LogP contribution in [0.2, 0.25) is 0 Å². The van der Waals surface area contributed by atoms with Crippen LogP contribution in [0, 0.1) is 0 Å². The van der Waals surface area contributed by atoms with Crippen molar-refractivity contribution in [2.24, 2.45) is 0 Å². The van der Waals surface area contributed by atoms with E-state index in [9.17, 15) is 9.59 Å². The van der Waals surface area contributed by atoms with Gasteiger partial charge in [0.05, 0.1) is 5.25 Å². The lowest BCUT2D eigenvalue weighted by molar-refractivity contribution is -0.130. The van der Waals surface area contributed by atoms with Crippen LogP contribution < -0.4 is 5.32 Å². The number of urea groups is 1. The second-order valence-corrected chi connectivity index (χ2v) is 8.75. The highest BCUT2D eigenvalue weighted by atomic mass is 32.2. The van der Waals surface area contributed by atoms with Gasteiger partial charge in [-0.2, -0.15) is 0 Å². The summed E-state index contributed by atoms with van der Waals surface area (Å²) in [5, 5.41) is 5.11. The van der Waals surface area contributed by atoms with Gasteiger partial charge in [0.15, 0.2) is 0 Å². The predicted molar refractivity (Wildman–Crippen MR) is 103 cm³/mol. The van der Waals surface area contributed by atoms with Crippen molar-refractivity contribution in [3.63, 3.8) is 0 Å². The molecule has 0 radical (unpaired) electrons. The molecule has 2 aliphatic rings. The number of carbonyl (C=O) groups is 2. The molecule has 8 heteroatoms. The average molecular weight is 383 g/mol. The standard InChI is InChI=1S/C17H26N4O2S2/c1-3-18-17(23)20-9-6-19(7-10-20)8-11-21-15(22)13(2)25-16(21)14-5-4-12-24-14/h4-5,12-13,16H,3,6-11H2,1-2H3,(H,18,23)/t13-,16-/m0/s1. The predicted octanol–water partition coefficient (Wildman–Crippen LogP) is 2.06. The monoisotopic (exact) mass is 382 g/mol. The number of carbonyl (C=O) groups excluding carboxylic acids is 2. The Balaban J connectivity index is 1.51. The zero-order valence-corrected chi connectivity index (χ0v) is 16.4. The van der Waals surface area contributed by atoms with E-state index in [1.165, 1.54) is 4.88 Å². The highest BCUT2D eigenvalue weighted by Crippen LogP contribution is 2.44. The Hall–Kier alpha value is -1.25. The molecule has 1 aromatic rings. The van der Waals surface area contributed by atoms with E-state index in [1.807, 2.05) is 29.7 Å². The van der Waals surface area contributed by atoms with Gasteiger partial charge in [0.2, 0.25) is 5.91 Å². The minimum Gasteiger partial charge on any atom is -0.338 e. The molecule has 3 amide bonds. The molecule has 2 saturated heterocycles. The van der Waals surface area contributed by atoms with Gasteiger partial charge in [-0.05, 0) is 25.3 Å². The van der Waals surface area contributed by atoms with Crippen molar-refractivity contribution in [3.05, 3.63) is 22.4 Å². The summed E-state index contributed by atoms with van der Waals surface area (Å²) in [5.74, 6) is 0.240. The van der Waals surface area contributed by atoms with Crippen LogP contribution in [0.4, 0.5) is 4.79 Å². The van der Waals surface area contributed by atoms with E-state index in [0.29, 0.717) is 6.54 Å². The first kappa shape index (κ1) is 18.5. The summed E-state index contributed by atoms with van der Waals surface area (Å²) in [4.78, 5) is 31.9. The molecule has 0 bridgehead atoms. The van der Waals surface area contributed by atoms with Gasteiger partial charge in [0.25, 0.3) is 0 Å². The molecular formula is C17H26N4O2S2. The number of nitrogens with one attached hydrogen (secondary N) is 1. The van der Waals surface area contributed by atoms with Crippen LogP contribution in [0.3, 0.4) is 0 Å². The van der Waals surface area contributed by atoms with Gasteiger partial charge in [-0.25, -0.2) is 4.79 Å². The lowest BCUT2D eigenvalue weighted by atomic mass is 10.3. The lowest BCUT2D eigenvalue weighted by Crippen LogP contribution is -2.53. The largest absolute Gasteiger partial charge is 0.338 e. The second-order valence-electron chi connectivity index (χ2n) is 6.34. The van der Waals surface area contributed by atoms with E-state index in [4.69, 9.17) is 0 Å². The van der Waals surface area contributed by atoms with Gasteiger partial charge in [-0.15, -0.1) is 23.1 Å². The van der Waals surface area contributed by atoms with Crippen molar-refractivity contribution in [3.8, 4) is 0 Å². The smallest absolute Gasteiger partial charge is 0.317 e. The van der Waals surface area contributed by atoms with Crippen LogP contribution in [0.25, 0.3) is 0 Å². The highest BCUT2D eigenvalue weighted by molar-refractivity contribution is 8.01. The van der Waals surface area contributed by atoms with Gasteiger partial charge in [-0.1, -0.05) is 6.07 Å². The van der Waals surface area contributed by atoms with E-state index in [1.54, 1.807) is 23.1 Å². The number of nitrogens with zero attached hydrogens (tertiary/aromatic N) is 3. The fraction of sp³-hybridized carbons (Fsp3) is 0.647. The molecule has 0 spiro atoms. The number of hydrogen-bond donors (Lipinski definition) is 1. The number of piperazine rings is 1. The quantitative estimate of drug-likeness (QED) is 0.847. The summed E-state index contributed by atoms with van der Waals surface area (Å²) in [7, 11) is 0.